The largest absolute Gasteiger partial charge is 0.508 e. The lowest BCUT2D eigenvalue weighted by molar-refractivity contribution is -0.337. The van der Waals surface area contributed by atoms with Gasteiger partial charge in [-0.1, -0.05) is 0 Å². The van der Waals surface area contributed by atoms with Crippen molar-refractivity contribution >= 4 is 11.0 Å². The molecule has 0 amide bonds. The fourth-order valence-electron chi connectivity index (χ4n) is 6.17. The molecular formula is C33H40O20. The summed E-state index contributed by atoms with van der Waals surface area (Å²) in [7, 11) is 0. The second-order valence-electron chi connectivity index (χ2n) is 13.0. The van der Waals surface area contributed by atoms with E-state index in [4.69, 9.17) is 32.8 Å². The second-order valence-corrected chi connectivity index (χ2v) is 13.0. The average molecular weight is 757 g/mol. The third kappa shape index (κ3) is 7.65. The van der Waals surface area contributed by atoms with Crippen LogP contribution in [-0.4, -0.2) is 167 Å². The summed E-state index contributed by atoms with van der Waals surface area (Å²) >= 11 is 0. The van der Waals surface area contributed by atoms with Crippen LogP contribution >= 0.6 is 0 Å². The van der Waals surface area contributed by atoms with Crippen LogP contribution in [0.3, 0.4) is 0 Å². The van der Waals surface area contributed by atoms with Crippen molar-refractivity contribution in [1.82, 2.24) is 0 Å². The van der Waals surface area contributed by atoms with E-state index in [9.17, 15) is 66.1 Å². The van der Waals surface area contributed by atoms with Crippen LogP contribution in [0, 0.1) is 0 Å². The number of aliphatic hydroxyl groups is 9. The fraction of sp³-hybridized carbons (Fsp3) is 0.545. The minimum absolute atomic E-state index is 0.138. The number of fused-ring (bicyclic) bond motifs is 1. The summed E-state index contributed by atoms with van der Waals surface area (Å²) in [6, 6.07) is 7.16. The molecule has 3 aromatic rings. The normalized spacial score (nSPS) is 37.8. The summed E-state index contributed by atoms with van der Waals surface area (Å²) in [4.78, 5) is 13.7. The second kappa shape index (κ2) is 15.6. The van der Waals surface area contributed by atoms with Gasteiger partial charge in [-0.3, -0.25) is 4.79 Å². The van der Waals surface area contributed by atoms with Crippen molar-refractivity contribution in [2.45, 2.75) is 99.0 Å². The van der Waals surface area contributed by atoms with Gasteiger partial charge in [0.05, 0.1) is 19.3 Å². The summed E-state index contributed by atoms with van der Waals surface area (Å²) in [5, 5.41) is 124. The number of benzene rings is 2. The van der Waals surface area contributed by atoms with E-state index in [0.29, 0.717) is 0 Å². The molecule has 4 heterocycles. The summed E-state index contributed by atoms with van der Waals surface area (Å²) in [6.45, 7) is 0.104. The number of hydrogen-bond acceptors (Lipinski definition) is 20. The molecule has 12 N–H and O–H groups in total. The van der Waals surface area contributed by atoms with Crippen LogP contribution in [0.5, 0.6) is 23.0 Å². The molecule has 0 bridgehead atoms. The van der Waals surface area contributed by atoms with Crippen molar-refractivity contribution in [3.8, 4) is 34.3 Å². The van der Waals surface area contributed by atoms with Crippen molar-refractivity contribution in [3.63, 3.8) is 0 Å². The Labute approximate surface area is 298 Å². The first-order valence-electron chi connectivity index (χ1n) is 16.4. The highest BCUT2D eigenvalue weighted by Crippen LogP contribution is 2.38. The van der Waals surface area contributed by atoms with Gasteiger partial charge in [0.1, 0.15) is 95.4 Å². The van der Waals surface area contributed by atoms with Gasteiger partial charge in [0.2, 0.25) is 17.5 Å². The Bertz CT molecular complexity index is 1790. The van der Waals surface area contributed by atoms with Gasteiger partial charge in [0, 0.05) is 17.7 Å². The number of phenols is 3. The zero-order valence-corrected chi connectivity index (χ0v) is 27.7. The monoisotopic (exact) mass is 756 g/mol. The maximum absolute atomic E-state index is 13.7. The quantitative estimate of drug-likeness (QED) is 0.100. The predicted molar refractivity (Wildman–Crippen MR) is 171 cm³/mol. The molecule has 1 aromatic heterocycles. The number of hydrogen-bond donors (Lipinski definition) is 12. The van der Waals surface area contributed by atoms with Crippen LogP contribution in [0.4, 0.5) is 0 Å². The van der Waals surface area contributed by atoms with Crippen LogP contribution in [0.15, 0.2) is 45.6 Å². The van der Waals surface area contributed by atoms with Crippen molar-refractivity contribution in [3.05, 3.63) is 46.6 Å². The first kappa shape index (κ1) is 39.0. The Kier molecular flexibility index (Phi) is 11.5. The summed E-state index contributed by atoms with van der Waals surface area (Å²) in [5.74, 6) is -2.21. The minimum atomic E-state index is -2.01. The van der Waals surface area contributed by atoms with E-state index in [1.54, 1.807) is 0 Å². The summed E-state index contributed by atoms with van der Waals surface area (Å²) in [5.41, 5.74) is -1.10. The lowest BCUT2D eigenvalue weighted by Gasteiger charge is -2.43. The van der Waals surface area contributed by atoms with Gasteiger partial charge in [-0.05, 0) is 31.2 Å². The van der Waals surface area contributed by atoms with Gasteiger partial charge < -0.3 is 94.1 Å². The van der Waals surface area contributed by atoms with E-state index in [2.05, 4.69) is 0 Å². The van der Waals surface area contributed by atoms with Crippen LogP contribution in [0.2, 0.25) is 0 Å². The van der Waals surface area contributed by atoms with Crippen LogP contribution in [-0.2, 0) is 23.7 Å². The highest BCUT2D eigenvalue weighted by molar-refractivity contribution is 5.88. The van der Waals surface area contributed by atoms with Gasteiger partial charge in [-0.15, -0.1) is 0 Å². The molecule has 292 valence electrons. The van der Waals surface area contributed by atoms with Crippen LogP contribution < -0.4 is 10.2 Å². The molecule has 53 heavy (non-hydrogen) atoms. The van der Waals surface area contributed by atoms with E-state index in [0.717, 1.165) is 12.1 Å². The Morgan fingerprint density at radius 1 is 0.604 bits per heavy atom. The van der Waals surface area contributed by atoms with Gasteiger partial charge in [0.15, 0.2) is 18.3 Å². The first-order chi connectivity index (χ1) is 25.1. The fourth-order valence-corrected chi connectivity index (χ4v) is 6.17. The van der Waals surface area contributed by atoms with Gasteiger partial charge in [-0.2, -0.15) is 0 Å². The molecule has 0 radical (unpaired) electrons. The van der Waals surface area contributed by atoms with E-state index >= 15 is 0 Å². The molecule has 0 saturated carbocycles. The molecule has 3 saturated heterocycles. The first-order valence-corrected chi connectivity index (χ1v) is 16.4. The molecule has 20 heteroatoms. The Hall–Kier alpha value is -3.71. The number of phenolic OH excluding ortho intramolecular Hbond substituents is 3. The molecule has 6 unspecified atom stereocenters. The summed E-state index contributed by atoms with van der Waals surface area (Å²) < 4.78 is 39.2. The van der Waals surface area contributed by atoms with Crippen LogP contribution in [0.1, 0.15) is 6.92 Å². The van der Waals surface area contributed by atoms with Crippen LogP contribution in [0.25, 0.3) is 22.3 Å². The Morgan fingerprint density at radius 2 is 1.11 bits per heavy atom. The third-order valence-electron chi connectivity index (χ3n) is 9.28. The Morgan fingerprint density at radius 3 is 1.70 bits per heavy atom. The lowest BCUT2D eigenvalue weighted by atomic mass is 9.98. The van der Waals surface area contributed by atoms with E-state index < -0.39 is 133 Å². The highest BCUT2D eigenvalue weighted by atomic mass is 16.7. The molecule has 0 spiro atoms. The zero-order chi connectivity index (χ0) is 38.5. The topological polar surface area (TPSA) is 328 Å². The maximum atomic E-state index is 13.7. The van der Waals surface area contributed by atoms with E-state index in [-0.39, 0.29) is 22.7 Å². The number of rotatable bonds is 9. The predicted octanol–water partition coefficient (Wildman–Crippen LogP) is -3.57. The maximum Gasteiger partial charge on any atom is 0.239 e. The molecule has 3 fully saturated rings. The average Bonchev–Trinajstić information content (AvgIpc) is 3.12. The third-order valence-corrected chi connectivity index (χ3v) is 9.28. The minimum Gasteiger partial charge on any atom is -0.508 e. The molecule has 15 atom stereocenters. The van der Waals surface area contributed by atoms with E-state index in [1.807, 2.05) is 0 Å². The van der Waals surface area contributed by atoms with Crippen molar-refractivity contribution < 1.29 is 94.1 Å². The van der Waals surface area contributed by atoms with Gasteiger partial charge >= 0.3 is 0 Å². The standard InChI is InChI=1S/C33H40O20/c1-10-19(37)23(41)26(44)31(49-10)47-8-16-20(38)24(42)27(45)32(51-16)48-9-17-21(39)25(43)28(46)33(52-17)53-30-22(40)18-14(36)6-13(35)7-15(18)50-29(30)11-2-4-12(34)5-3-11/h2-7,10,16-17,19-21,23-28,31-39,41-46H,8-9H2,1H3/t10?,16?,17?,19-,20+,21-,23?,24-,25-,26-,27?,28?,31+,32+,33-/m0/s1. The van der Waals surface area contributed by atoms with Crippen molar-refractivity contribution in [2.24, 2.45) is 0 Å². The van der Waals surface area contributed by atoms with Gasteiger partial charge in [-0.25, -0.2) is 0 Å². The lowest BCUT2D eigenvalue weighted by Crippen LogP contribution is -2.62. The SMILES string of the molecule is CC1O[C@@H](OCC2O[C@@H](OCC3O[C@@H](Oc4c(-c5ccc(O)cc5)oc5cc(O)cc(O)c5c4=O)C(O)[C@@H](O)[C@H]3O)C(O)[C@@H](O)[C@@H]2O)[C@@H](O)C(O)[C@H]1O. The van der Waals surface area contributed by atoms with Crippen molar-refractivity contribution in [1.29, 1.82) is 0 Å². The highest BCUT2D eigenvalue weighted by Gasteiger charge is 2.49. The molecule has 3 aliphatic heterocycles. The number of aliphatic hydroxyl groups excluding tert-OH is 9. The molecule has 2 aromatic carbocycles. The Balaban J connectivity index is 1.19. The molecule has 20 nitrogen and oxygen atoms in total. The molecule has 6 rings (SSSR count). The van der Waals surface area contributed by atoms with E-state index in [1.165, 1.54) is 31.2 Å². The smallest absolute Gasteiger partial charge is 0.239 e. The number of ether oxygens (including phenoxy) is 6. The van der Waals surface area contributed by atoms with Crippen molar-refractivity contribution in [2.75, 3.05) is 13.2 Å². The molecular weight excluding hydrogens is 716 g/mol. The van der Waals surface area contributed by atoms with Gasteiger partial charge in [0.25, 0.3) is 0 Å². The number of aromatic hydroxyl groups is 3. The molecule has 0 aliphatic carbocycles. The zero-order valence-electron chi connectivity index (χ0n) is 27.7. The summed E-state index contributed by atoms with van der Waals surface area (Å²) in [6.07, 6.45) is -25.2. The molecule has 3 aliphatic rings.